The van der Waals surface area contributed by atoms with Gasteiger partial charge in [-0.1, -0.05) is 78.9 Å². The van der Waals surface area contributed by atoms with Crippen LogP contribution in [0.3, 0.4) is 0 Å². The SMILES string of the molecule is CCN(C(=O)C(Cc1ccccc1)NC(=O)OC(C)(C)C)C(C(=O)NCc1ccccc1)c1cccc(C)c1O. The predicted octanol–water partition coefficient (Wildman–Crippen LogP) is 5.04. The minimum atomic E-state index is -1.14. The lowest BCUT2D eigenvalue weighted by Gasteiger charge is -2.34. The zero-order valence-corrected chi connectivity index (χ0v) is 23.8. The van der Waals surface area contributed by atoms with Gasteiger partial charge in [0, 0.05) is 25.1 Å². The average molecular weight is 546 g/mol. The van der Waals surface area contributed by atoms with Crippen LogP contribution in [0.4, 0.5) is 4.79 Å². The number of hydrogen-bond donors (Lipinski definition) is 3. The number of benzene rings is 3. The molecule has 0 aliphatic carbocycles. The summed E-state index contributed by atoms with van der Waals surface area (Å²) < 4.78 is 5.44. The van der Waals surface area contributed by atoms with E-state index in [1.165, 1.54) is 4.90 Å². The Kier molecular flexibility index (Phi) is 10.3. The Morgan fingerprint density at radius 3 is 2.08 bits per heavy atom. The number of carbonyl (C=O) groups excluding carboxylic acids is 3. The summed E-state index contributed by atoms with van der Waals surface area (Å²) in [5, 5.41) is 16.6. The van der Waals surface area contributed by atoms with Gasteiger partial charge in [0.05, 0.1) is 0 Å². The first-order chi connectivity index (χ1) is 19.0. The lowest BCUT2D eigenvalue weighted by Crippen LogP contribution is -2.53. The molecule has 3 amide bonds. The van der Waals surface area contributed by atoms with E-state index in [0.717, 1.165) is 11.1 Å². The minimum Gasteiger partial charge on any atom is -0.507 e. The average Bonchev–Trinajstić information content (AvgIpc) is 2.91. The molecule has 3 aromatic rings. The molecule has 0 bridgehead atoms. The van der Waals surface area contributed by atoms with E-state index in [1.54, 1.807) is 52.8 Å². The van der Waals surface area contributed by atoms with Gasteiger partial charge in [-0.15, -0.1) is 0 Å². The van der Waals surface area contributed by atoms with E-state index in [-0.39, 0.29) is 25.3 Å². The van der Waals surface area contributed by atoms with Crippen LogP contribution in [0, 0.1) is 6.92 Å². The van der Waals surface area contributed by atoms with Crippen LogP contribution < -0.4 is 10.6 Å². The summed E-state index contributed by atoms with van der Waals surface area (Å²) in [6, 6.07) is 21.7. The van der Waals surface area contributed by atoms with E-state index in [2.05, 4.69) is 10.6 Å². The van der Waals surface area contributed by atoms with Gasteiger partial charge in [0.1, 0.15) is 23.4 Å². The molecule has 0 aromatic heterocycles. The van der Waals surface area contributed by atoms with E-state index >= 15 is 0 Å². The third kappa shape index (κ3) is 8.33. The molecule has 0 radical (unpaired) electrons. The Balaban J connectivity index is 1.98. The van der Waals surface area contributed by atoms with E-state index in [9.17, 15) is 19.5 Å². The van der Waals surface area contributed by atoms with Gasteiger partial charge < -0.3 is 25.4 Å². The maximum absolute atomic E-state index is 14.2. The first kappa shape index (κ1) is 30.2. The van der Waals surface area contributed by atoms with Crippen molar-refractivity contribution in [1.82, 2.24) is 15.5 Å². The van der Waals surface area contributed by atoms with Crippen molar-refractivity contribution in [1.29, 1.82) is 0 Å². The number of para-hydroxylation sites is 1. The molecule has 0 saturated heterocycles. The topological polar surface area (TPSA) is 108 Å². The maximum Gasteiger partial charge on any atom is 0.408 e. The summed E-state index contributed by atoms with van der Waals surface area (Å²) in [6.45, 7) is 9.12. The number of amides is 3. The Bertz CT molecular complexity index is 1290. The fourth-order valence-corrected chi connectivity index (χ4v) is 4.40. The Morgan fingerprint density at radius 2 is 1.50 bits per heavy atom. The summed E-state index contributed by atoms with van der Waals surface area (Å²) >= 11 is 0. The molecule has 3 rings (SSSR count). The van der Waals surface area contributed by atoms with Crippen molar-refractivity contribution in [3.05, 3.63) is 101 Å². The largest absolute Gasteiger partial charge is 0.507 e. The zero-order valence-electron chi connectivity index (χ0n) is 23.8. The van der Waals surface area contributed by atoms with Crippen LogP contribution in [0.25, 0.3) is 0 Å². The number of nitrogens with zero attached hydrogens (tertiary/aromatic N) is 1. The standard InChI is InChI=1S/C32H39N3O5/c1-6-35(30(38)26(20-23-15-9-7-10-16-23)34-31(39)40-32(3,4)5)27(25-19-13-14-22(2)28(25)36)29(37)33-21-24-17-11-8-12-18-24/h7-19,26-27,36H,6,20-21H2,1-5H3,(H,33,37)(H,34,39). The molecule has 3 N–H and O–H groups in total. The van der Waals surface area contributed by atoms with E-state index in [0.29, 0.717) is 11.1 Å². The first-order valence-electron chi connectivity index (χ1n) is 13.4. The van der Waals surface area contributed by atoms with Crippen LogP contribution in [0.5, 0.6) is 5.75 Å². The molecule has 212 valence electrons. The highest BCUT2D eigenvalue weighted by molar-refractivity contribution is 5.92. The molecule has 0 heterocycles. The second-order valence-electron chi connectivity index (χ2n) is 10.6. The summed E-state index contributed by atoms with van der Waals surface area (Å²) in [5.41, 5.74) is 1.84. The predicted molar refractivity (Wildman–Crippen MR) is 155 cm³/mol. The number of nitrogens with one attached hydrogen (secondary N) is 2. The molecule has 3 aromatic carbocycles. The number of alkyl carbamates (subject to hydrolysis) is 1. The fraction of sp³-hybridized carbons (Fsp3) is 0.344. The molecule has 0 aliphatic rings. The number of phenolic OH excluding ortho intramolecular Hbond substituents is 1. The number of rotatable bonds is 10. The number of ether oxygens (including phenoxy) is 1. The lowest BCUT2D eigenvalue weighted by molar-refractivity contribution is -0.142. The van der Waals surface area contributed by atoms with Gasteiger partial charge in [-0.25, -0.2) is 4.79 Å². The Labute approximate surface area is 236 Å². The van der Waals surface area contributed by atoms with Gasteiger partial charge in [-0.05, 0) is 51.3 Å². The number of phenols is 1. The van der Waals surface area contributed by atoms with Crippen molar-refractivity contribution in [2.24, 2.45) is 0 Å². The third-order valence-corrected chi connectivity index (χ3v) is 6.33. The minimum absolute atomic E-state index is 0.0617. The van der Waals surface area contributed by atoms with Crippen LogP contribution in [0.1, 0.15) is 56.0 Å². The van der Waals surface area contributed by atoms with Crippen LogP contribution in [-0.2, 0) is 27.3 Å². The van der Waals surface area contributed by atoms with Gasteiger partial charge in [0.2, 0.25) is 11.8 Å². The van der Waals surface area contributed by atoms with Crippen LogP contribution >= 0.6 is 0 Å². The monoisotopic (exact) mass is 545 g/mol. The van der Waals surface area contributed by atoms with Crippen LogP contribution in [0.15, 0.2) is 78.9 Å². The summed E-state index contributed by atoms with van der Waals surface area (Å²) in [4.78, 5) is 42.1. The van der Waals surface area contributed by atoms with Crippen molar-refractivity contribution in [3.8, 4) is 5.75 Å². The molecular weight excluding hydrogens is 506 g/mol. The second kappa shape index (κ2) is 13.6. The quantitative estimate of drug-likeness (QED) is 0.331. The fourth-order valence-electron chi connectivity index (χ4n) is 4.40. The highest BCUT2D eigenvalue weighted by atomic mass is 16.6. The highest BCUT2D eigenvalue weighted by Crippen LogP contribution is 2.32. The van der Waals surface area contributed by atoms with E-state index in [1.807, 2.05) is 60.7 Å². The third-order valence-electron chi connectivity index (χ3n) is 6.33. The summed E-state index contributed by atoms with van der Waals surface area (Å²) in [6.07, 6.45) is -0.547. The molecular formula is C32H39N3O5. The summed E-state index contributed by atoms with van der Waals surface area (Å²) in [5.74, 6) is -0.984. The van der Waals surface area contributed by atoms with Gasteiger partial charge >= 0.3 is 6.09 Å². The van der Waals surface area contributed by atoms with E-state index in [4.69, 9.17) is 4.74 Å². The Morgan fingerprint density at radius 1 is 0.900 bits per heavy atom. The summed E-state index contributed by atoms with van der Waals surface area (Å²) in [7, 11) is 0. The molecule has 0 saturated carbocycles. The smallest absolute Gasteiger partial charge is 0.408 e. The van der Waals surface area contributed by atoms with Crippen molar-refractivity contribution >= 4 is 17.9 Å². The van der Waals surface area contributed by atoms with Gasteiger partial charge in [0.25, 0.3) is 0 Å². The lowest BCUT2D eigenvalue weighted by atomic mass is 9.98. The van der Waals surface area contributed by atoms with Crippen molar-refractivity contribution in [2.45, 2.75) is 65.3 Å². The zero-order chi connectivity index (χ0) is 29.3. The molecule has 2 unspecified atom stereocenters. The van der Waals surface area contributed by atoms with Gasteiger partial charge in [-0.2, -0.15) is 0 Å². The molecule has 0 aliphatic heterocycles. The molecule has 8 nitrogen and oxygen atoms in total. The number of aryl methyl sites for hydroxylation is 1. The van der Waals surface area contributed by atoms with Crippen molar-refractivity contribution in [2.75, 3.05) is 6.54 Å². The normalized spacial score (nSPS) is 12.6. The van der Waals surface area contributed by atoms with Crippen molar-refractivity contribution in [3.63, 3.8) is 0 Å². The van der Waals surface area contributed by atoms with Crippen LogP contribution in [-0.4, -0.2) is 46.1 Å². The number of likely N-dealkylation sites (N-methyl/N-ethyl adjacent to an activating group) is 1. The van der Waals surface area contributed by atoms with Gasteiger partial charge in [0.15, 0.2) is 0 Å². The highest BCUT2D eigenvalue weighted by Gasteiger charge is 2.37. The number of hydrogen-bond acceptors (Lipinski definition) is 5. The molecule has 8 heteroatoms. The molecule has 0 fully saturated rings. The number of aromatic hydroxyl groups is 1. The Hall–Kier alpha value is -4.33. The molecule has 2 atom stereocenters. The molecule has 40 heavy (non-hydrogen) atoms. The maximum atomic E-state index is 14.2. The first-order valence-corrected chi connectivity index (χ1v) is 13.4. The number of carbonyl (C=O) groups is 3. The molecule has 0 spiro atoms. The van der Waals surface area contributed by atoms with Crippen LogP contribution in [0.2, 0.25) is 0 Å². The second-order valence-corrected chi connectivity index (χ2v) is 10.6. The van der Waals surface area contributed by atoms with Crippen molar-refractivity contribution < 1.29 is 24.2 Å². The van der Waals surface area contributed by atoms with Gasteiger partial charge in [-0.3, -0.25) is 9.59 Å². The van der Waals surface area contributed by atoms with E-state index < -0.39 is 35.6 Å².